The maximum absolute atomic E-state index is 12.6. The predicted octanol–water partition coefficient (Wildman–Crippen LogP) is 1.94. The van der Waals surface area contributed by atoms with E-state index in [1.165, 1.54) is 4.68 Å². The van der Waals surface area contributed by atoms with Gasteiger partial charge in [-0.05, 0) is 41.6 Å². The molecule has 2 aromatic carbocycles. The van der Waals surface area contributed by atoms with E-state index < -0.39 is 16.0 Å². The van der Waals surface area contributed by atoms with Crippen molar-refractivity contribution in [3.63, 3.8) is 0 Å². The summed E-state index contributed by atoms with van der Waals surface area (Å²) in [5.74, 6) is 0.234. The number of aromatic nitrogens is 4. The first-order valence-electron chi connectivity index (χ1n) is 7.71. The summed E-state index contributed by atoms with van der Waals surface area (Å²) >= 11 is 0. The summed E-state index contributed by atoms with van der Waals surface area (Å²) in [6, 6.07) is 18.4. The highest BCUT2D eigenvalue weighted by molar-refractivity contribution is 7.85. The Balaban J connectivity index is 1.68. The highest BCUT2D eigenvalue weighted by atomic mass is 32.2. The molecule has 0 aliphatic carbocycles. The Bertz CT molecular complexity index is 867. The number of para-hydroxylation sites is 2. The number of carbonyl (C=O) groups excluding carboxylic acids is 1. The average molecular weight is 355 g/mol. The molecule has 0 spiro atoms. The minimum absolute atomic E-state index is 0.0886. The molecule has 3 aromatic rings. The Hall–Kier alpha value is -2.87. The molecular weight excluding hydrogens is 338 g/mol. The van der Waals surface area contributed by atoms with E-state index in [4.69, 9.17) is 0 Å². The van der Waals surface area contributed by atoms with Gasteiger partial charge >= 0.3 is 0 Å². The molecule has 0 radical (unpaired) electrons. The predicted molar refractivity (Wildman–Crippen MR) is 95.5 cm³/mol. The quantitative estimate of drug-likeness (QED) is 0.730. The van der Waals surface area contributed by atoms with Gasteiger partial charge in [0.1, 0.15) is 5.25 Å². The molecule has 0 fully saturated rings. The molecule has 25 heavy (non-hydrogen) atoms. The van der Waals surface area contributed by atoms with Crippen LogP contribution in [0.2, 0.25) is 0 Å². The minimum Gasteiger partial charge on any atom is -0.325 e. The zero-order valence-electron chi connectivity index (χ0n) is 13.6. The lowest BCUT2D eigenvalue weighted by molar-refractivity contribution is -0.115. The van der Waals surface area contributed by atoms with Crippen molar-refractivity contribution in [2.75, 3.05) is 5.32 Å². The van der Waals surface area contributed by atoms with Crippen LogP contribution in [0.5, 0.6) is 0 Å². The van der Waals surface area contributed by atoms with Crippen molar-refractivity contribution < 1.29 is 9.00 Å². The average Bonchev–Trinajstić information content (AvgIpc) is 3.10. The zero-order chi connectivity index (χ0) is 17.6. The monoisotopic (exact) mass is 355 g/mol. The Labute approximate surface area is 147 Å². The molecule has 0 unspecified atom stereocenters. The van der Waals surface area contributed by atoms with E-state index in [0.717, 1.165) is 5.69 Å². The SMILES string of the molecule is C[C@@H](C(=O)Nc1ccccc1)[S@@](=O)Cc1nnnn1-c1ccccc1. The molecule has 2 atom stereocenters. The third-order valence-electron chi connectivity index (χ3n) is 3.61. The third kappa shape index (κ3) is 4.16. The van der Waals surface area contributed by atoms with E-state index in [9.17, 15) is 9.00 Å². The maximum atomic E-state index is 12.6. The molecule has 0 bridgehead atoms. The zero-order valence-corrected chi connectivity index (χ0v) is 14.4. The number of hydrogen-bond donors (Lipinski definition) is 1. The number of nitrogens with zero attached hydrogens (tertiary/aromatic N) is 4. The molecule has 1 heterocycles. The van der Waals surface area contributed by atoms with Crippen LogP contribution in [0.25, 0.3) is 5.69 Å². The second-order valence-electron chi connectivity index (χ2n) is 5.37. The maximum Gasteiger partial charge on any atom is 0.239 e. The molecule has 0 aliphatic rings. The fourth-order valence-corrected chi connectivity index (χ4v) is 3.18. The molecule has 8 heteroatoms. The van der Waals surface area contributed by atoms with Gasteiger partial charge in [0.05, 0.1) is 11.4 Å². The molecule has 0 saturated carbocycles. The lowest BCUT2D eigenvalue weighted by atomic mass is 10.3. The van der Waals surface area contributed by atoms with Gasteiger partial charge in [0.25, 0.3) is 0 Å². The number of rotatable bonds is 6. The Morgan fingerprint density at radius 3 is 2.44 bits per heavy atom. The van der Waals surface area contributed by atoms with Crippen molar-refractivity contribution >= 4 is 22.4 Å². The van der Waals surface area contributed by atoms with Gasteiger partial charge < -0.3 is 5.32 Å². The molecule has 1 aromatic heterocycles. The molecule has 3 rings (SSSR count). The first-order chi connectivity index (χ1) is 12.1. The standard InChI is InChI=1S/C17H17N5O2S/c1-13(17(23)18-14-8-4-2-5-9-14)25(24)12-16-19-20-21-22(16)15-10-6-3-7-11-15/h2-11,13H,12H2,1H3,(H,18,23)/t13-,25-/m0/s1. The van der Waals surface area contributed by atoms with Crippen LogP contribution in [0.4, 0.5) is 5.69 Å². The van der Waals surface area contributed by atoms with Crippen molar-refractivity contribution in [2.24, 2.45) is 0 Å². The highest BCUT2D eigenvalue weighted by Crippen LogP contribution is 2.12. The number of tetrazole rings is 1. The molecule has 7 nitrogen and oxygen atoms in total. The van der Waals surface area contributed by atoms with Crippen molar-refractivity contribution in [2.45, 2.75) is 17.9 Å². The first-order valence-corrected chi connectivity index (χ1v) is 9.09. The van der Waals surface area contributed by atoms with Crippen LogP contribution in [0, 0.1) is 0 Å². The summed E-state index contributed by atoms with van der Waals surface area (Å²) in [7, 11) is -1.46. The number of nitrogens with one attached hydrogen (secondary N) is 1. The lowest BCUT2D eigenvalue weighted by Gasteiger charge is -2.12. The Morgan fingerprint density at radius 1 is 1.12 bits per heavy atom. The van der Waals surface area contributed by atoms with Crippen LogP contribution in [-0.2, 0) is 21.3 Å². The van der Waals surface area contributed by atoms with Gasteiger partial charge in [-0.25, -0.2) is 0 Å². The fraction of sp³-hybridized carbons (Fsp3) is 0.176. The van der Waals surface area contributed by atoms with E-state index >= 15 is 0 Å². The normalized spacial score (nSPS) is 13.2. The summed E-state index contributed by atoms with van der Waals surface area (Å²) in [5, 5.41) is 13.6. The molecule has 1 N–H and O–H groups in total. The number of hydrogen-bond acceptors (Lipinski definition) is 5. The van der Waals surface area contributed by atoms with Crippen LogP contribution < -0.4 is 5.32 Å². The molecule has 1 amide bonds. The Kier molecular flexibility index (Phi) is 5.30. The van der Waals surface area contributed by atoms with Gasteiger partial charge in [0, 0.05) is 16.5 Å². The van der Waals surface area contributed by atoms with Crippen molar-refractivity contribution in [1.29, 1.82) is 0 Å². The van der Waals surface area contributed by atoms with Gasteiger partial charge in [0.2, 0.25) is 5.91 Å². The van der Waals surface area contributed by atoms with E-state index in [-0.39, 0.29) is 11.7 Å². The summed E-state index contributed by atoms with van der Waals surface area (Å²) in [5.41, 5.74) is 1.45. The van der Waals surface area contributed by atoms with Crippen LogP contribution in [-0.4, -0.2) is 35.6 Å². The van der Waals surface area contributed by atoms with Crippen molar-refractivity contribution in [3.8, 4) is 5.69 Å². The molecule has 0 aliphatic heterocycles. The smallest absolute Gasteiger partial charge is 0.239 e. The summed E-state index contributed by atoms with van der Waals surface area (Å²) in [6.07, 6.45) is 0. The number of benzene rings is 2. The minimum atomic E-state index is -1.46. The topological polar surface area (TPSA) is 89.8 Å². The largest absolute Gasteiger partial charge is 0.325 e. The number of amides is 1. The number of anilines is 1. The molecule has 0 saturated heterocycles. The molecular formula is C17H17N5O2S. The van der Waals surface area contributed by atoms with Gasteiger partial charge in [-0.2, -0.15) is 4.68 Å². The van der Waals surface area contributed by atoms with Crippen molar-refractivity contribution in [3.05, 3.63) is 66.5 Å². The summed E-state index contributed by atoms with van der Waals surface area (Å²) in [4.78, 5) is 12.3. The lowest BCUT2D eigenvalue weighted by Crippen LogP contribution is -2.30. The first kappa shape index (κ1) is 17.0. The summed E-state index contributed by atoms with van der Waals surface area (Å²) < 4.78 is 14.1. The van der Waals surface area contributed by atoms with Crippen molar-refractivity contribution in [1.82, 2.24) is 20.2 Å². The van der Waals surface area contributed by atoms with E-state index in [1.807, 2.05) is 48.5 Å². The second kappa shape index (κ2) is 7.80. The fourth-order valence-electron chi connectivity index (χ4n) is 2.20. The van der Waals surface area contributed by atoms with E-state index in [2.05, 4.69) is 20.8 Å². The highest BCUT2D eigenvalue weighted by Gasteiger charge is 2.22. The summed E-state index contributed by atoms with van der Waals surface area (Å²) in [6.45, 7) is 1.63. The van der Waals surface area contributed by atoms with Gasteiger partial charge in [-0.15, -0.1) is 5.10 Å². The second-order valence-corrected chi connectivity index (χ2v) is 7.12. The van der Waals surface area contributed by atoms with Crippen LogP contribution >= 0.6 is 0 Å². The number of carbonyl (C=O) groups is 1. The van der Waals surface area contributed by atoms with Gasteiger partial charge in [-0.3, -0.25) is 9.00 Å². The Morgan fingerprint density at radius 2 is 1.76 bits per heavy atom. The molecule has 128 valence electrons. The van der Waals surface area contributed by atoms with Crippen LogP contribution in [0.15, 0.2) is 60.7 Å². The van der Waals surface area contributed by atoms with Crippen LogP contribution in [0.1, 0.15) is 12.7 Å². The van der Waals surface area contributed by atoms with Gasteiger partial charge in [-0.1, -0.05) is 36.4 Å². The van der Waals surface area contributed by atoms with E-state index in [1.54, 1.807) is 19.1 Å². The third-order valence-corrected chi connectivity index (χ3v) is 5.16. The van der Waals surface area contributed by atoms with E-state index in [0.29, 0.717) is 11.5 Å². The van der Waals surface area contributed by atoms with Gasteiger partial charge in [0.15, 0.2) is 5.82 Å². The van der Waals surface area contributed by atoms with Crippen LogP contribution in [0.3, 0.4) is 0 Å².